The highest BCUT2D eigenvalue weighted by molar-refractivity contribution is 6.03. The minimum absolute atomic E-state index is 0.151. The molecular formula is C16H11N2O2-. The van der Waals surface area contributed by atoms with Crippen LogP contribution in [0.3, 0.4) is 0 Å². The van der Waals surface area contributed by atoms with Crippen molar-refractivity contribution < 1.29 is 9.90 Å². The number of pyridine rings is 2. The number of carbonyl (C=O) groups excluding carboxylic acids is 1. The first-order valence-electron chi connectivity index (χ1n) is 6.19. The summed E-state index contributed by atoms with van der Waals surface area (Å²) in [4.78, 5) is 19.9. The largest absolute Gasteiger partial charge is 0.545 e. The second kappa shape index (κ2) is 4.74. The standard InChI is InChI=1S/C16H12N2O2/c1-10-4-2-6-12-13(16(19)20)8-14(18-15(10)12)11-5-3-7-17-9-11/h2-9H,1H3,(H,19,20)/p-1. The number of para-hydroxylation sites is 1. The van der Waals surface area contributed by atoms with Gasteiger partial charge in [0.1, 0.15) is 0 Å². The highest BCUT2D eigenvalue weighted by atomic mass is 16.4. The zero-order valence-corrected chi connectivity index (χ0v) is 10.8. The molecule has 20 heavy (non-hydrogen) atoms. The number of rotatable bonds is 2. The SMILES string of the molecule is Cc1cccc2c(C(=O)[O-])cc(-c3cccnc3)nc12. The van der Waals surface area contributed by atoms with E-state index in [1.165, 1.54) is 6.07 Å². The Bertz CT molecular complexity index is 798. The van der Waals surface area contributed by atoms with Crippen LogP contribution in [0, 0.1) is 6.92 Å². The molecule has 0 unspecified atom stereocenters. The monoisotopic (exact) mass is 263 g/mol. The summed E-state index contributed by atoms with van der Waals surface area (Å²) >= 11 is 0. The molecule has 0 saturated heterocycles. The van der Waals surface area contributed by atoms with Gasteiger partial charge in [-0.05, 0) is 30.7 Å². The van der Waals surface area contributed by atoms with E-state index in [9.17, 15) is 9.90 Å². The lowest BCUT2D eigenvalue weighted by Crippen LogP contribution is -2.22. The molecule has 2 aromatic heterocycles. The van der Waals surface area contributed by atoms with Crippen LogP contribution in [-0.2, 0) is 0 Å². The van der Waals surface area contributed by atoms with Crippen molar-refractivity contribution in [3.05, 3.63) is 59.9 Å². The summed E-state index contributed by atoms with van der Waals surface area (Å²) in [7, 11) is 0. The van der Waals surface area contributed by atoms with Crippen molar-refractivity contribution in [1.29, 1.82) is 0 Å². The number of fused-ring (bicyclic) bond motifs is 1. The fourth-order valence-electron chi connectivity index (χ4n) is 2.22. The molecule has 3 aromatic rings. The van der Waals surface area contributed by atoms with Crippen LogP contribution >= 0.6 is 0 Å². The van der Waals surface area contributed by atoms with Gasteiger partial charge in [0.05, 0.1) is 17.2 Å². The lowest BCUT2D eigenvalue weighted by atomic mass is 10.0. The number of aromatic nitrogens is 2. The Balaban J connectivity index is 2.36. The average Bonchev–Trinajstić information content (AvgIpc) is 2.47. The number of carboxylic acid groups (broad SMARTS) is 1. The molecular weight excluding hydrogens is 252 g/mol. The van der Waals surface area contributed by atoms with Crippen molar-refractivity contribution in [3.63, 3.8) is 0 Å². The van der Waals surface area contributed by atoms with E-state index >= 15 is 0 Å². The van der Waals surface area contributed by atoms with Crippen LogP contribution in [0.2, 0.25) is 0 Å². The maximum absolute atomic E-state index is 11.4. The molecule has 2 heterocycles. The molecule has 0 aliphatic heterocycles. The van der Waals surface area contributed by atoms with Gasteiger partial charge in [-0.3, -0.25) is 4.98 Å². The molecule has 4 heteroatoms. The van der Waals surface area contributed by atoms with Crippen molar-refractivity contribution >= 4 is 16.9 Å². The van der Waals surface area contributed by atoms with E-state index in [1.54, 1.807) is 24.5 Å². The minimum Gasteiger partial charge on any atom is -0.545 e. The molecule has 0 aliphatic rings. The Hall–Kier alpha value is -2.75. The average molecular weight is 263 g/mol. The van der Waals surface area contributed by atoms with Crippen molar-refractivity contribution in [2.45, 2.75) is 6.92 Å². The summed E-state index contributed by atoms with van der Waals surface area (Å²) in [5.74, 6) is -1.20. The van der Waals surface area contributed by atoms with E-state index in [-0.39, 0.29) is 5.56 Å². The summed E-state index contributed by atoms with van der Waals surface area (Å²) in [5.41, 5.74) is 3.11. The zero-order valence-electron chi connectivity index (χ0n) is 10.8. The summed E-state index contributed by atoms with van der Waals surface area (Å²) < 4.78 is 0. The molecule has 0 radical (unpaired) electrons. The zero-order chi connectivity index (χ0) is 14.1. The third-order valence-corrected chi connectivity index (χ3v) is 3.22. The van der Waals surface area contributed by atoms with Crippen LogP contribution < -0.4 is 5.11 Å². The molecule has 0 aliphatic carbocycles. The van der Waals surface area contributed by atoms with Gasteiger partial charge in [-0.2, -0.15) is 0 Å². The minimum atomic E-state index is -1.20. The van der Waals surface area contributed by atoms with E-state index in [4.69, 9.17) is 0 Å². The Kier molecular flexibility index (Phi) is 2.91. The van der Waals surface area contributed by atoms with Gasteiger partial charge in [0, 0.05) is 28.9 Å². The van der Waals surface area contributed by atoms with Gasteiger partial charge < -0.3 is 9.90 Å². The smallest absolute Gasteiger partial charge is 0.0745 e. The second-order valence-corrected chi connectivity index (χ2v) is 4.56. The first kappa shape index (κ1) is 12.3. The fourth-order valence-corrected chi connectivity index (χ4v) is 2.22. The maximum Gasteiger partial charge on any atom is 0.0745 e. The molecule has 0 amide bonds. The molecule has 0 spiro atoms. The third kappa shape index (κ3) is 2.01. The molecule has 3 rings (SSSR count). The molecule has 0 N–H and O–H groups in total. The highest BCUT2D eigenvalue weighted by Gasteiger charge is 2.09. The van der Waals surface area contributed by atoms with Gasteiger partial charge in [0.2, 0.25) is 0 Å². The normalized spacial score (nSPS) is 10.7. The molecule has 0 atom stereocenters. The van der Waals surface area contributed by atoms with Crippen LogP contribution in [0.4, 0.5) is 0 Å². The Morgan fingerprint density at radius 2 is 2.05 bits per heavy atom. The highest BCUT2D eigenvalue weighted by Crippen LogP contribution is 2.25. The molecule has 0 fully saturated rings. The molecule has 98 valence electrons. The van der Waals surface area contributed by atoms with Crippen LogP contribution in [-0.4, -0.2) is 15.9 Å². The predicted octanol–water partition coefficient (Wildman–Crippen LogP) is 1.97. The van der Waals surface area contributed by atoms with Crippen LogP contribution in [0.25, 0.3) is 22.2 Å². The number of nitrogens with zero attached hydrogens (tertiary/aromatic N) is 2. The second-order valence-electron chi connectivity index (χ2n) is 4.56. The lowest BCUT2D eigenvalue weighted by Gasteiger charge is -2.11. The Morgan fingerprint density at radius 1 is 1.20 bits per heavy atom. The Labute approximate surface area is 115 Å². The molecule has 0 saturated carbocycles. The number of carboxylic acids is 1. The number of benzene rings is 1. The number of hydrogen-bond donors (Lipinski definition) is 0. The van der Waals surface area contributed by atoms with Crippen LogP contribution in [0.5, 0.6) is 0 Å². The van der Waals surface area contributed by atoms with E-state index in [0.29, 0.717) is 16.6 Å². The van der Waals surface area contributed by atoms with Gasteiger partial charge in [-0.15, -0.1) is 0 Å². The maximum atomic E-state index is 11.4. The lowest BCUT2D eigenvalue weighted by molar-refractivity contribution is -0.254. The van der Waals surface area contributed by atoms with Crippen molar-refractivity contribution in [2.24, 2.45) is 0 Å². The fraction of sp³-hybridized carbons (Fsp3) is 0.0625. The predicted molar refractivity (Wildman–Crippen MR) is 74.0 cm³/mol. The number of carbonyl (C=O) groups is 1. The van der Waals surface area contributed by atoms with E-state index in [2.05, 4.69) is 9.97 Å². The summed E-state index contributed by atoms with van der Waals surface area (Å²) in [6.45, 7) is 1.90. The quantitative estimate of drug-likeness (QED) is 0.709. The summed E-state index contributed by atoms with van der Waals surface area (Å²) in [6.07, 6.45) is 3.32. The van der Waals surface area contributed by atoms with Gasteiger partial charge in [-0.1, -0.05) is 18.2 Å². The number of hydrogen-bond acceptors (Lipinski definition) is 4. The first-order chi connectivity index (χ1) is 9.66. The number of aromatic carboxylic acids is 1. The van der Waals surface area contributed by atoms with Crippen LogP contribution in [0.1, 0.15) is 15.9 Å². The molecule has 4 nitrogen and oxygen atoms in total. The van der Waals surface area contributed by atoms with Gasteiger partial charge in [-0.25, -0.2) is 4.98 Å². The van der Waals surface area contributed by atoms with Crippen molar-refractivity contribution in [3.8, 4) is 11.3 Å². The van der Waals surface area contributed by atoms with Crippen molar-refractivity contribution in [2.75, 3.05) is 0 Å². The molecule has 0 bridgehead atoms. The van der Waals surface area contributed by atoms with Gasteiger partial charge in [0.15, 0.2) is 0 Å². The van der Waals surface area contributed by atoms with Gasteiger partial charge in [0.25, 0.3) is 0 Å². The van der Waals surface area contributed by atoms with E-state index < -0.39 is 5.97 Å². The first-order valence-corrected chi connectivity index (χ1v) is 6.19. The van der Waals surface area contributed by atoms with Gasteiger partial charge >= 0.3 is 0 Å². The van der Waals surface area contributed by atoms with E-state index in [1.807, 2.05) is 25.1 Å². The Morgan fingerprint density at radius 3 is 2.75 bits per heavy atom. The third-order valence-electron chi connectivity index (χ3n) is 3.22. The molecule has 1 aromatic carbocycles. The van der Waals surface area contributed by atoms with E-state index in [0.717, 1.165) is 11.1 Å². The van der Waals surface area contributed by atoms with Crippen molar-refractivity contribution in [1.82, 2.24) is 9.97 Å². The topological polar surface area (TPSA) is 65.9 Å². The van der Waals surface area contributed by atoms with Crippen LogP contribution in [0.15, 0.2) is 48.8 Å². The summed E-state index contributed by atoms with van der Waals surface area (Å²) in [5, 5.41) is 12.0. The number of aryl methyl sites for hydroxylation is 1. The summed E-state index contributed by atoms with van der Waals surface area (Å²) in [6, 6.07) is 10.6.